The largest absolute Gasteiger partial charge is 0.494 e. The van der Waals surface area contributed by atoms with E-state index in [-0.39, 0.29) is 4.90 Å². The van der Waals surface area contributed by atoms with Gasteiger partial charge in [-0.2, -0.15) is 0 Å². The molecule has 0 unspecified atom stereocenters. The number of hydrogen-bond acceptors (Lipinski definition) is 7. The van der Waals surface area contributed by atoms with Gasteiger partial charge in [0.15, 0.2) is 0 Å². The van der Waals surface area contributed by atoms with Crippen LogP contribution >= 0.6 is 0 Å². The van der Waals surface area contributed by atoms with Crippen LogP contribution in [0.5, 0.6) is 17.4 Å². The fourth-order valence-corrected chi connectivity index (χ4v) is 4.28. The van der Waals surface area contributed by atoms with Crippen molar-refractivity contribution >= 4 is 15.7 Å². The number of sulfonamides is 1. The second-order valence-corrected chi connectivity index (χ2v) is 9.59. The summed E-state index contributed by atoms with van der Waals surface area (Å²) in [5.41, 5.74) is 2.30. The summed E-state index contributed by atoms with van der Waals surface area (Å²) in [5.74, 6) is 2.14. The van der Waals surface area contributed by atoms with Gasteiger partial charge in [0.1, 0.15) is 30.0 Å². The fourth-order valence-electron chi connectivity index (χ4n) is 3.22. The van der Waals surface area contributed by atoms with Gasteiger partial charge in [-0.3, -0.25) is 9.29 Å². The van der Waals surface area contributed by atoms with Gasteiger partial charge in [-0.15, -0.1) is 0 Å². The fraction of sp³-hybridized carbons (Fsp3) is 0.240. The van der Waals surface area contributed by atoms with E-state index in [1.807, 2.05) is 18.4 Å². The predicted molar refractivity (Wildman–Crippen MR) is 133 cm³/mol. The Hall–Kier alpha value is -3.92. The van der Waals surface area contributed by atoms with Crippen molar-refractivity contribution in [3.05, 3.63) is 78.6 Å². The van der Waals surface area contributed by atoms with Gasteiger partial charge in [-0.1, -0.05) is 13.3 Å². The van der Waals surface area contributed by atoms with E-state index in [1.54, 1.807) is 48.8 Å². The molecule has 35 heavy (non-hydrogen) atoms. The molecule has 4 rings (SSSR count). The lowest BCUT2D eigenvalue weighted by atomic mass is 10.3. The first-order valence-electron chi connectivity index (χ1n) is 11.2. The highest BCUT2D eigenvalue weighted by atomic mass is 32.2. The maximum absolute atomic E-state index is 12.7. The zero-order chi connectivity index (χ0) is 24.8. The molecule has 0 atom stereocenters. The number of aryl methyl sites for hydroxylation is 1. The SMILES string of the molecule is CCCCOc1ccc(S(=O)(=O)Nc2ccc(Oc3cc(-n4cnc(C)c4C)ncn3)cc2)cc1. The zero-order valence-electron chi connectivity index (χ0n) is 19.8. The lowest BCUT2D eigenvalue weighted by Gasteiger charge is -2.11. The highest BCUT2D eigenvalue weighted by Crippen LogP contribution is 2.25. The Kier molecular flexibility index (Phi) is 7.31. The average Bonchev–Trinajstić information content (AvgIpc) is 3.19. The summed E-state index contributed by atoms with van der Waals surface area (Å²) in [4.78, 5) is 12.9. The molecule has 0 saturated heterocycles. The number of hydrogen-bond donors (Lipinski definition) is 1. The molecule has 0 amide bonds. The van der Waals surface area contributed by atoms with Crippen LogP contribution in [0.1, 0.15) is 31.2 Å². The van der Waals surface area contributed by atoms with E-state index in [1.165, 1.54) is 18.5 Å². The number of benzene rings is 2. The van der Waals surface area contributed by atoms with Crippen molar-refractivity contribution in [3.63, 3.8) is 0 Å². The predicted octanol–water partition coefficient (Wildman–Crippen LogP) is 5.05. The molecule has 0 bridgehead atoms. The number of ether oxygens (including phenoxy) is 2. The third-order valence-electron chi connectivity index (χ3n) is 5.36. The molecule has 0 aliphatic heterocycles. The van der Waals surface area contributed by atoms with Gasteiger partial charge in [0.2, 0.25) is 5.88 Å². The van der Waals surface area contributed by atoms with Crippen molar-refractivity contribution < 1.29 is 17.9 Å². The quantitative estimate of drug-likeness (QED) is 0.308. The molecule has 0 aliphatic rings. The second kappa shape index (κ2) is 10.6. The van der Waals surface area contributed by atoms with Crippen LogP contribution in [0.3, 0.4) is 0 Å². The monoisotopic (exact) mass is 493 g/mol. The molecule has 4 aromatic rings. The summed E-state index contributed by atoms with van der Waals surface area (Å²) in [6.45, 7) is 6.58. The molecule has 0 aliphatic carbocycles. The van der Waals surface area contributed by atoms with E-state index in [0.29, 0.717) is 35.5 Å². The summed E-state index contributed by atoms with van der Waals surface area (Å²) in [6, 6.07) is 14.7. The standard InChI is InChI=1S/C25H27N5O4S/c1-4-5-14-33-21-10-12-23(13-11-21)35(31,32)29-20-6-8-22(9-7-20)34-25-15-24(26-16-27-25)30-17-28-18(2)19(30)3/h6-13,15-17,29H,4-5,14H2,1-3H3. The highest BCUT2D eigenvalue weighted by Gasteiger charge is 2.15. The van der Waals surface area contributed by atoms with E-state index < -0.39 is 10.0 Å². The minimum absolute atomic E-state index is 0.152. The Morgan fingerprint density at radius 1 is 0.943 bits per heavy atom. The van der Waals surface area contributed by atoms with Crippen molar-refractivity contribution in [2.75, 3.05) is 11.3 Å². The van der Waals surface area contributed by atoms with E-state index in [9.17, 15) is 8.42 Å². The van der Waals surface area contributed by atoms with E-state index in [0.717, 1.165) is 24.2 Å². The van der Waals surface area contributed by atoms with Gasteiger partial charge in [0.25, 0.3) is 10.0 Å². The number of nitrogens with zero attached hydrogens (tertiary/aromatic N) is 4. The Bertz CT molecular complexity index is 1380. The maximum atomic E-state index is 12.7. The van der Waals surface area contributed by atoms with Gasteiger partial charge in [0, 0.05) is 17.4 Å². The minimum atomic E-state index is -3.74. The first kappa shape index (κ1) is 24.2. The third-order valence-corrected chi connectivity index (χ3v) is 6.75. The summed E-state index contributed by atoms with van der Waals surface area (Å²) >= 11 is 0. The molecule has 10 heteroatoms. The minimum Gasteiger partial charge on any atom is -0.494 e. The normalized spacial score (nSPS) is 11.3. The number of nitrogens with one attached hydrogen (secondary N) is 1. The van der Waals surface area contributed by atoms with Gasteiger partial charge in [-0.25, -0.2) is 23.4 Å². The van der Waals surface area contributed by atoms with E-state index >= 15 is 0 Å². The van der Waals surface area contributed by atoms with Crippen molar-refractivity contribution in [1.29, 1.82) is 0 Å². The van der Waals surface area contributed by atoms with Gasteiger partial charge in [-0.05, 0) is 68.8 Å². The molecular weight excluding hydrogens is 466 g/mol. The van der Waals surface area contributed by atoms with Crippen LogP contribution in [0.2, 0.25) is 0 Å². The number of aromatic nitrogens is 4. The molecule has 0 fully saturated rings. The molecule has 2 aromatic carbocycles. The summed E-state index contributed by atoms with van der Waals surface area (Å²) in [5, 5.41) is 0. The van der Waals surface area contributed by atoms with Crippen LogP contribution in [-0.4, -0.2) is 34.5 Å². The number of rotatable bonds is 10. The maximum Gasteiger partial charge on any atom is 0.261 e. The topological polar surface area (TPSA) is 108 Å². The summed E-state index contributed by atoms with van der Waals surface area (Å²) < 4.78 is 41.3. The molecule has 1 N–H and O–H groups in total. The number of unbranched alkanes of at least 4 members (excludes halogenated alkanes) is 1. The van der Waals surface area contributed by atoms with Crippen molar-refractivity contribution in [2.45, 2.75) is 38.5 Å². The second-order valence-electron chi connectivity index (χ2n) is 7.91. The molecule has 182 valence electrons. The highest BCUT2D eigenvalue weighted by molar-refractivity contribution is 7.92. The summed E-state index contributed by atoms with van der Waals surface area (Å²) in [7, 11) is -3.74. The average molecular weight is 494 g/mol. The molecule has 0 saturated carbocycles. The lowest BCUT2D eigenvalue weighted by Crippen LogP contribution is -2.12. The molecular formula is C25H27N5O4S. The molecule has 2 aromatic heterocycles. The summed E-state index contributed by atoms with van der Waals surface area (Å²) in [6.07, 6.45) is 5.10. The van der Waals surface area contributed by atoms with Gasteiger partial charge >= 0.3 is 0 Å². The van der Waals surface area contributed by atoms with Crippen LogP contribution in [0.4, 0.5) is 5.69 Å². The third kappa shape index (κ3) is 5.96. The Morgan fingerprint density at radius 2 is 1.66 bits per heavy atom. The Morgan fingerprint density at radius 3 is 2.31 bits per heavy atom. The first-order valence-corrected chi connectivity index (χ1v) is 12.7. The van der Waals surface area contributed by atoms with E-state index in [2.05, 4.69) is 26.6 Å². The number of imidazole rings is 1. The Labute approximate surface area is 204 Å². The molecule has 0 spiro atoms. The van der Waals surface area contributed by atoms with E-state index in [4.69, 9.17) is 9.47 Å². The molecule has 2 heterocycles. The first-order chi connectivity index (χ1) is 16.9. The van der Waals surface area contributed by atoms with Crippen molar-refractivity contribution in [1.82, 2.24) is 19.5 Å². The smallest absolute Gasteiger partial charge is 0.261 e. The van der Waals surface area contributed by atoms with Crippen molar-refractivity contribution in [2.24, 2.45) is 0 Å². The van der Waals surface area contributed by atoms with Crippen LogP contribution in [0, 0.1) is 13.8 Å². The molecule has 0 radical (unpaired) electrons. The van der Waals surface area contributed by atoms with Crippen LogP contribution in [-0.2, 0) is 10.0 Å². The van der Waals surface area contributed by atoms with Gasteiger partial charge in [0.05, 0.1) is 17.2 Å². The molecule has 9 nitrogen and oxygen atoms in total. The van der Waals surface area contributed by atoms with Crippen LogP contribution in [0.15, 0.2) is 72.1 Å². The van der Waals surface area contributed by atoms with Crippen LogP contribution < -0.4 is 14.2 Å². The van der Waals surface area contributed by atoms with Crippen molar-refractivity contribution in [3.8, 4) is 23.2 Å². The zero-order valence-corrected chi connectivity index (χ0v) is 20.6. The van der Waals surface area contributed by atoms with Crippen LogP contribution in [0.25, 0.3) is 5.82 Å². The number of anilines is 1. The van der Waals surface area contributed by atoms with Gasteiger partial charge < -0.3 is 9.47 Å². The lowest BCUT2D eigenvalue weighted by molar-refractivity contribution is 0.309. The Balaban J connectivity index is 1.41.